The minimum absolute atomic E-state index is 0.267. The summed E-state index contributed by atoms with van der Waals surface area (Å²) >= 11 is 3.00. The van der Waals surface area contributed by atoms with Crippen LogP contribution in [0.4, 0.5) is 0 Å². The lowest BCUT2D eigenvalue weighted by atomic mass is 10.0. The van der Waals surface area contributed by atoms with Crippen LogP contribution in [-0.4, -0.2) is 82.9 Å². The molecule has 0 spiro atoms. The van der Waals surface area contributed by atoms with Crippen molar-refractivity contribution in [3.63, 3.8) is 0 Å². The van der Waals surface area contributed by atoms with Crippen LogP contribution in [0.3, 0.4) is 0 Å². The maximum absolute atomic E-state index is 12.8. The van der Waals surface area contributed by atoms with Crippen molar-refractivity contribution in [1.82, 2.24) is 16.0 Å². The Morgan fingerprint density at radius 2 is 1.34 bits per heavy atom. The van der Waals surface area contributed by atoms with Crippen LogP contribution in [0.15, 0.2) is 0 Å². The summed E-state index contributed by atoms with van der Waals surface area (Å²) in [5.41, 5.74) is 11.1. The first-order chi connectivity index (χ1) is 14.9. The van der Waals surface area contributed by atoms with Gasteiger partial charge in [0.15, 0.2) is 0 Å². The molecule has 0 aromatic heterocycles. The molecule has 32 heavy (non-hydrogen) atoms. The van der Waals surface area contributed by atoms with Crippen LogP contribution in [-0.2, 0) is 24.0 Å². The predicted octanol–water partition coefficient (Wildman–Crippen LogP) is -1.11. The molecule has 0 rings (SSSR count). The molecule has 4 amide bonds. The van der Waals surface area contributed by atoms with E-state index in [4.69, 9.17) is 11.5 Å². The molecular weight excluding hydrogens is 458 g/mol. The molecule has 13 heteroatoms. The second kappa shape index (κ2) is 15.8. The number of primary amides is 1. The molecule has 8 N–H and O–H groups in total. The van der Waals surface area contributed by atoms with Crippen LogP contribution in [0.1, 0.15) is 33.1 Å². The van der Waals surface area contributed by atoms with Crippen LogP contribution in [0, 0.1) is 5.92 Å². The van der Waals surface area contributed by atoms with Crippen molar-refractivity contribution in [2.45, 2.75) is 57.3 Å². The average Bonchev–Trinajstić information content (AvgIpc) is 2.71. The third-order valence-corrected chi connectivity index (χ3v) is 5.77. The first-order valence-electron chi connectivity index (χ1n) is 10.1. The highest BCUT2D eigenvalue weighted by Crippen LogP contribution is 2.06. The molecule has 0 bridgehead atoms. The van der Waals surface area contributed by atoms with E-state index >= 15 is 0 Å². The standard InChI is InChI=1S/C19H35N5O6S2/c1-10(2)15(19(29)30)24-18(28)13(9-14(21)25)23-17(27)12(6-8-32-4)22-16(26)11(20)5-7-31-3/h10-13,15H,5-9,20H2,1-4H3,(H2,21,25)(H,22,26)(H,23,27)(H,24,28)(H,29,30). The molecule has 0 radical (unpaired) electrons. The van der Waals surface area contributed by atoms with Gasteiger partial charge in [-0.2, -0.15) is 23.5 Å². The zero-order chi connectivity index (χ0) is 24.8. The van der Waals surface area contributed by atoms with E-state index in [1.165, 1.54) is 23.5 Å². The third kappa shape index (κ3) is 11.6. The van der Waals surface area contributed by atoms with Gasteiger partial charge in [-0.3, -0.25) is 19.2 Å². The fourth-order valence-electron chi connectivity index (χ4n) is 2.61. The number of nitrogens with two attached hydrogens (primary N) is 2. The Labute approximate surface area is 196 Å². The number of carbonyl (C=O) groups excluding carboxylic acids is 4. The van der Waals surface area contributed by atoms with Gasteiger partial charge in [0.25, 0.3) is 0 Å². The molecule has 184 valence electrons. The molecule has 0 saturated carbocycles. The van der Waals surface area contributed by atoms with Gasteiger partial charge in [-0.1, -0.05) is 13.8 Å². The Kier molecular flexibility index (Phi) is 14.8. The Balaban J connectivity index is 5.42. The highest BCUT2D eigenvalue weighted by atomic mass is 32.2. The number of carbonyl (C=O) groups is 5. The Morgan fingerprint density at radius 3 is 1.81 bits per heavy atom. The number of carboxylic acids is 1. The van der Waals surface area contributed by atoms with Crippen molar-refractivity contribution in [1.29, 1.82) is 0 Å². The molecule has 0 saturated heterocycles. The van der Waals surface area contributed by atoms with Crippen molar-refractivity contribution in [2.75, 3.05) is 24.0 Å². The summed E-state index contributed by atoms with van der Waals surface area (Å²) in [6.07, 6.45) is 3.89. The summed E-state index contributed by atoms with van der Waals surface area (Å²) in [5, 5.41) is 16.6. The second-order valence-corrected chi connectivity index (χ2v) is 9.50. The summed E-state index contributed by atoms with van der Waals surface area (Å²) in [4.78, 5) is 60.6. The second-order valence-electron chi connectivity index (χ2n) is 7.53. The smallest absolute Gasteiger partial charge is 0.326 e. The summed E-state index contributed by atoms with van der Waals surface area (Å²) in [6.45, 7) is 3.21. The lowest BCUT2D eigenvalue weighted by molar-refractivity contribution is -0.143. The Morgan fingerprint density at radius 1 is 0.844 bits per heavy atom. The van der Waals surface area contributed by atoms with E-state index in [9.17, 15) is 29.1 Å². The van der Waals surface area contributed by atoms with Crippen LogP contribution in [0.5, 0.6) is 0 Å². The fourth-order valence-corrected chi connectivity index (χ4v) is 3.57. The van der Waals surface area contributed by atoms with Gasteiger partial charge >= 0.3 is 5.97 Å². The molecule has 11 nitrogen and oxygen atoms in total. The minimum atomic E-state index is -1.39. The maximum Gasteiger partial charge on any atom is 0.326 e. The molecule has 0 fully saturated rings. The number of thioether (sulfide) groups is 2. The van der Waals surface area contributed by atoms with E-state index in [0.29, 0.717) is 17.9 Å². The summed E-state index contributed by atoms with van der Waals surface area (Å²) in [6, 6.07) is -4.38. The van der Waals surface area contributed by atoms with E-state index < -0.39 is 66.1 Å². The number of nitrogens with one attached hydrogen (secondary N) is 3. The SMILES string of the molecule is CSCCC(N)C(=O)NC(CCSC)C(=O)NC(CC(N)=O)C(=O)NC(C(=O)O)C(C)C. The topological polar surface area (TPSA) is 194 Å². The monoisotopic (exact) mass is 493 g/mol. The zero-order valence-corrected chi connectivity index (χ0v) is 20.5. The predicted molar refractivity (Wildman–Crippen MR) is 126 cm³/mol. The lowest BCUT2D eigenvalue weighted by Crippen LogP contribution is -2.58. The van der Waals surface area contributed by atoms with Gasteiger partial charge in [-0.05, 0) is 42.8 Å². The number of hydrogen-bond donors (Lipinski definition) is 6. The largest absolute Gasteiger partial charge is 0.480 e. The first kappa shape index (κ1) is 30.0. The van der Waals surface area contributed by atoms with Gasteiger partial charge in [0.1, 0.15) is 18.1 Å². The molecule has 0 aliphatic heterocycles. The highest BCUT2D eigenvalue weighted by molar-refractivity contribution is 7.98. The zero-order valence-electron chi connectivity index (χ0n) is 18.9. The van der Waals surface area contributed by atoms with Gasteiger partial charge < -0.3 is 32.5 Å². The lowest BCUT2D eigenvalue weighted by Gasteiger charge is -2.25. The number of amides is 4. The van der Waals surface area contributed by atoms with Crippen LogP contribution in [0.25, 0.3) is 0 Å². The first-order valence-corrected chi connectivity index (χ1v) is 12.9. The van der Waals surface area contributed by atoms with Crippen molar-refractivity contribution < 1.29 is 29.1 Å². The molecule has 0 aromatic rings. The average molecular weight is 494 g/mol. The third-order valence-electron chi connectivity index (χ3n) is 4.48. The van der Waals surface area contributed by atoms with Crippen LogP contribution >= 0.6 is 23.5 Å². The van der Waals surface area contributed by atoms with Gasteiger partial charge in [-0.25, -0.2) is 4.79 Å². The van der Waals surface area contributed by atoms with Gasteiger partial charge in [0.05, 0.1) is 12.5 Å². The highest BCUT2D eigenvalue weighted by Gasteiger charge is 2.32. The summed E-state index contributed by atoms with van der Waals surface area (Å²) in [7, 11) is 0. The summed E-state index contributed by atoms with van der Waals surface area (Å²) in [5.74, 6) is -3.36. The fraction of sp³-hybridized carbons (Fsp3) is 0.737. The van der Waals surface area contributed by atoms with Crippen molar-refractivity contribution >= 4 is 53.1 Å². The number of carboxylic acid groups (broad SMARTS) is 1. The van der Waals surface area contributed by atoms with Gasteiger partial charge in [0.2, 0.25) is 23.6 Å². The van der Waals surface area contributed by atoms with E-state index in [2.05, 4.69) is 16.0 Å². The molecule has 4 atom stereocenters. The number of rotatable bonds is 16. The van der Waals surface area contributed by atoms with E-state index in [0.717, 1.165) is 0 Å². The van der Waals surface area contributed by atoms with Crippen LogP contribution < -0.4 is 27.4 Å². The van der Waals surface area contributed by atoms with Crippen molar-refractivity contribution in [3.8, 4) is 0 Å². The van der Waals surface area contributed by atoms with Gasteiger partial charge in [0, 0.05) is 0 Å². The quantitative estimate of drug-likeness (QED) is 0.155. The number of aliphatic carboxylic acids is 1. The van der Waals surface area contributed by atoms with E-state index in [1.807, 2.05) is 12.5 Å². The molecular formula is C19H35N5O6S2. The Hall–Kier alpha value is -1.99. The van der Waals surface area contributed by atoms with Gasteiger partial charge in [-0.15, -0.1) is 0 Å². The van der Waals surface area contributed by atoms with Crippen molar-refractivity contribution in [3.05, 3.63) is 0 Å². The normalized spacial score (nSPS) is 14.7. The van der Waals surface area contributed by atoms with E-state index in [1.54, 1.807) is 13.8 Å². The number of hydrogen-bond acceptors (Lipinski definition) is 8. The molecule has 0 heterocycles. The minimum Gasteiger partial charge on any atom is -0.480 e. The Bertz CT molecular complexity index is 664. The molecule has 4 unspecified atom stereocenters. The molecule has 0 aromatic carbocycles. The summed E-state index contributed by atoms with van der Waals surface area (Å²) < 4.78 is 0. The van der Waals surface area contributed by atoms with Crippen molar-refractivity contribution in [2.24, 2.45) is 17.4 Å². The maximum atomic E-state index is 12.8. The molecule has 0 aliphatic rings. The van der Waals surface area contributed by atoms with Crippen LogP contribution in [0.2, 0.25) is 0 Å². The van der Waals surface area contributed by atoms with E-state index in [-0.39, 0.29) is 6.42 Å². The molecule has 0 aliphatic carbocycles.